The summed E-state index contributed by atoms with van der Waals surface area (Å²) >= 11 is 0. The van der Waals surface area contributed by atoms with Crippen molar-refractivity contribution < 1.29 is 61.6 Å². The molecule has 13 nitrogen and oxygen atoms in total. The number of esters is 1. The Labute approximate surface area is 303 Å². The zero-order valence-electron chi connectivity index (χ0n) is 31.8. The van der Waals surface area contributed by atoms with Crippen molar-refractivity contribution in [3.8, 4) is 0 Å². The van der Waals surface area contributed by atoms with Crippen molar-refractivity contribution in [1.29, 1.82) is 0 Å². The molecule has 0 fully saturated rings. The Balaban J connectivity index is 3.05. The normalized spacial score (nSPS) is 11.5. The lowest BCUT2D eigenvalue weighted by molar-refractivity contribution is -0.141. The number of methoxy groups -OCH3 is 1. The van der Waals surface area contributed by atoms with Gasteiger partial charge in [-0.2, -0.15) is 0 Å². The molecule has 0 N–H and O–H groups in total. The molecule has 50 heavy (non-hydrogen) atoms. The lowest BCUT2D eigenvalue weighted by Crippen LogP contribution is -2.15. The minimum atomic E-state index is -0.283. The Bertz CT molecular complexity index is 630. The molecule has 0 radical (unpaired) electrons. The second-order valence-electron chi connectivity index (χ2n) is 11.6. The molecule has 0 aromatic carbocycles. The minimum Gasteiger partial charge on any atom is -0.469 e. The largest absolute Gasteiger partial charge is 0.469 e. The highest BCUT2D eigenvalue weighted by Crippen LogP contribution is 2.11. The number of unbranched alkanes of at least 4 members (excludes halogenated alkanes) is 10. The Morgan fingerprint density at radius 2 is 0.520 bits per heavy atom. The van der Waals surface area contributed by atoms with Crippen LogP contribution in [0.1, 0.15) is 84.0 Å². The first-order chi connectivity index (χ1) is 24.8. The molecule has 0 aromatic rings. The average Bonchev–Trinajstić information content (AvgIpc) is 3.13. The lowest BCUT2D eigenvalue weighted by atomic mass is 10.1. The van der Waals surface area contributed by atoms with Gasteiger partial charge in [0.1, 0.15) is 0 Å². The Kier molecular flexibility index (Phi) is 45.2. The molecule has 0 spiro atoms. The monoisotopic (exact) mass is 727 g/mol. The van der Waals surface area contributed by atoms with Crippen LogP contribution in [0.25, 0.3) is 0 Å². The molecule has 0 atom stereocenters. The molecular formula is C37H74O13. The maximum absolute atomic E-state index is 10.9. The van der Waals surface area contributed by atoms with Crippen molar-refractivity contribution in [1.82, 2.24) is 0 Å². The fourth-order valence-electron chi connectivity index (χ4n) is 4.43. The predicted molar refractivity (Wildman–Crippen MR) is 192 cm³/mol. The van der Waals surface area contributed by atoms with E-state index >= 15 is 0 Å². The van der Waals surface area contributed by atoms with Gasteiger partial charge in [-0.3, -0.25) is 4.79 Å². The predicted octanol–water partition coefficient (Wildman–Crippen LogP) is 5.04. The summed E-state index contributed by atoms with van der Waals surface area (Å²) in [5, 5.41) is 0. The molecule has 0 heterocycles. The first kappa shape index (κ1) is 49.0. The van der Waals surface area contributed by atoms with E-state index < -0.39 is 0 Å². The first-order valence-corrected chi connectivity index (χ1v) is 19.2. The van der Waals surface area contributed by atoms with E-state index in [9.17, 15) is 4.79 Å². The van der Waals surface area contributed by atoms with Gasteiger partial charge < -0.3 is 56.8 Å². The third-order valence-electron chi connectivity index (χ3n) is 7.29. The van der Waals surface area contributed by atoms with E-state index in [1.165, 1.54) is 71.3 Å². The van der Waals surface area contributed by atoms with E-state index in [4.69, 9.17) is 52.1 Å². The lowest BCUT2D eigenvalue weighted by Gasteiger charge is -2.09. The van der Waals surface area contributed by atoms with Gasteiger partial charge in [0, 0.05) is 6.61 Å². The molecule has 0 aromatic heterocycles. The van der Waals surface area contributed by atoms with Crippen molar-refractivity contribution in [3.63, 3.8) is 0 Å². The van der Waals surface area contributed by atoms with Gasteiger partial charge in [-0.15, -0.1) is 0 Å². The van der Waals surface area contributed by atoms with Gasteiger partial charge >= 0.3 is 5.97 Å². The summed E-state index contributed by atoms with van der Waals surface area (Å²) in [5.74, 6) is -0.283. The molecule has 0 aliphatic rings. The molecule has 13 heteroatoms. The van der Waals surface area contributed by atoms with Crippen LogP contribution in [0.4, 0.5) is 0 Å². The summed E-state index contributed by atoms with van der Waals surface area (Å²) in [5.41, 5.74) is 0. The summed E-state index contributed by atoms with van der Waals surface area (Å²) in [6.07, 6.45) is 15.1. The maximum atomic E-state index is 10.9. The molecule has 0 bridgehead atoms. The minimum absolute atomic E-state index is 0.247. The summed E-state index contributed by atoms with van der Waals surface area (Å²) in [4.78, 5) is 10.9. The fraction of sp³-hybridized carbons (Fsp3) is 0.973. The van der Waals surface area contributed by atoms with Crippen LogP contribution in [0.2, 0.25) is 0 Å². The van der Waals surface area contributed by atoms with Gasteiger partial charge in [0.15, 0.2) is 0 Å². The molecule has 0 unspecified atom stereocenters. The molecule has 0 saturated carbocycles. The van der Waals surface area contributed by atoms with Gasteiger partial charge in [0.2, 0.25) is 0 Å². The Hall–Kier alpha value is -0.970. The van der Waals surface area contributed by atoms with Gasteiger partial charge in [-0.25, -0.2) is 0 Å². The Morgan fingerprint density at radius 1 is 0.300 bits per heavy atom. The first-order valence-electron chi connectivity index (χ1n) is 19.2. The number of carbonyl (C=O) groups is 1. The maximum Gasteiger partial charge on any atom is 0.307 e. The van der Waals surface area contributed by atoms with Crippen LogP contribution in [0.5, 0.6) is 0 Å². The van der Waals surface area contributed by atoms with Crippen LogP contribution in [0.3, 0.4) is 0 Å². The highest BCUT2D eigenvalue weighted by Gasteiger charge is 2.00. The topological polar surface area (TPSA) is 128 Å². The number of carbonyl (C=O) groups excluding carboxylic acids is 1. The van der Waals surface area contributed by atoms with Gasteiger partial charge in [0.05, 0.1) is 152 Å². The number of rotatable bonds is 45. The fourth-order valence-corrected chi connectivity index (χ4v) is 4.43. The summed E-state index contributed by atoms with van der Waals surface area (Å²) in [6.45, 7) is 13.8. The van der Waals surface area contributed by atoms with Gasteiger partial charge in [-0.05, 0) is 6.42 Å². The van der Waals surface area contributed by atoms with Crippen LogP contribution in [-0.2, 0) is 61.6 Å². The van der Waals surface area contributed by atoms with Gasteiger partial charge in [-0.1, -0.05) is 71.1 Å². The number of hydrogen-bond acceptors (Lipinski definition) is 13. The second-order valence-corrected chi connectivity index (χ2v) is 11.6. The van der Waals surface area contributed by atoms with Crippen LogP contribution in [0.15, 0.2) is 0 Å². The van der Waals surface area contributed by atoms with Crippen molar-refractivity contribution >= 4 is 5.97 Å². The van der Waals surface area contributed by atoms with Crippen LogP contribution in [-0.4, -0.2) is 158 Å². The van der Waals surface area contributed by atoms with Crippen molar-refractivity contribution in [3.05, 3.63) is 0 Å². The SMILES string of the molecule is CCCCCCCCCCCCCOCCOCCOCCOCCOCCOCCOCCOCCOCCOCCOCCC(=O)OC. The number of ether oxygens (including phenoxy) is 12. The number of hydrogen-bond donors (Lipinski definition) is 0. The summed E-state index contributed by atoms with van der Waals surface area (Å²) in [6, 6.07) is 0. The van der Waals surface area contributed by atoms with Crippen LogP contribution in [0, 0.1) is 0 Å². The van der Waals surface area contributed by atoms with E-state index in [-0.39, 0.29) is 12.4 Å². The molecule has 0 aliphatic heterocycles. The van der Waals surface area contributed by atoms with Crippen molar-refractivity contribution in [2.75, 3.05) is 152 Å². The second kappa shape index (κ2) is 46.1. The molecular weight excluding hydrogens is 652 g/mol. The third kappa shape index (κ3) is 45.1. The zero-order valence-corrected chi connectivity index (χ0v) is 31.8. The van der Waals surface area contributed by atoms with Crippen LogP contribution >= 0.6 is 0 Å². The summed E-state index contributed by atoms with van der Waals surface area (Å²) in [7, 11) is 1.36. The van der Waals surface area contributed by atoms with E-state index in [1.54, 1.807) is 0 Å². The molecule has 0 aliphatic carbocycles. The Morgan fingerprint density at radius 3 is 0.780 bits per heavy atom. The van der Waals surface area contributed by atoms with E-state index in [0.29, 0.717) is 139 Å². The quantitative estimate of drug-likeness (QED) is 0.0615. The molecule has 0 saturated heterocycles. The van der Waals surface area contributed by atoms with E-state index in [1.807, 2.05) is 0 Å². The van der Waals surface area contributed by atoms with Gasteiger partial charge in [0.25, 0.3) is 0 Å². The zero-order chi connectivity index (χ0) is 36.1. The molecule has 0 amide bonds. The van der Waals surface area contributed by atoms with Crippen molar-refractivity contribution in [2.24, 2.45) is 0 Å². The average molecular weight is 727 g/mol. The van der Waals surface area contributed by atoms with Crippen molar-refractivity contribution in [2.45, 2.75) is 84.0 Å². The third-order valence-corrected chi connectivity index (χ3v) is 7.29. The summed E-state index contributed by atoms with van der Waals surface area (Å²) < 4.78 is 64.8. The van der Waals surface area contributed by atoms with E-state index in [0.717, 1.165) is 13.0 Å². The van der Waals surface area contributed by atoms with Crippen LogP contribution < -0.4 is 0 Å². The molecule has 0 rings (SSSR count). The van der Waals surface area contributed by atoms with E-state index in [2.05, 4.69) is 11.7 Å². The standard InChI is InChI=1S/C37H74O13/c1-3-4-5-6-7-8-9-10-11-12-13-15-40-17-19-42-21-23-44-25-27-46-29-31-48-33-35-50-36-34-49-32-30-47-28-26-45-24-22-43-20-18-41-16-14-37(38)39-2/h3-36H2,1-2H3. The smallest absolute Gasteiger partial charge is 0.307 e. The highest BCUT2D eigenvalue weighted by atomic mass is 16.6. The molecule has 300 valence electrons. The highest BCUT2D eigenvalue weighted by molar-refractivity contribution is 5.69.